The summed E-state index contributed by atoms with van der Waals surface area (Å²) in [5.41, 5.74) is -0.665. The van der Waals surface area contributed by atoms with Gasteiger partial charge in [-0.2, -0.15) is 9.97 Å². The highest BCUT2D eigenvalue weighted by Crippen LogP contribution is 2.47. The van der Waals surface area contributed by atoms with Crippen LogP contribution in [0.2, 0.25) is 0 Å². The fourth-order valence-electron chi connectivity index (χ4n) is 9.78. The van der Waals surface area contributed by atoms with E-state index in [1.165, 1.54) is 13.2 Å². The number of aromatic nitrogens is 3. The highest BCUT2D eigenvalue weighted by atomic mass is 19.1. The smallest absolute Gasteiger partial charge is 0.410 e. The number of nitrogens with zero attached hydrogens (tertiary/aromatic N) is 6. The standard InChI is InChI=1S/C41H47F3N6O6/c1-6-26-28(43)10-8-22-14-25(55-21-52-5)15-27(31(22)26)34-33(44)35-32-36(47-38(46-35)54-20-41-12-7-13-48(41)17-23(42)16-41)49-18-24-9-11-29(30(49)19-53-37(32)45-34)50(24)39(51)56-40(2,3)4/h8,10,14-15,23-24,29-30H,6-7,9,11-13,16-21H2,1-5H3/t23-,24-,29+,30-,41-/m0/s1. The van der Waals surface area contributed by atoms with Gasteiger partial charge >= 0.3 is 12.1 Å². The number of piperazine rings is 1. The van der Waals surface area contributed by atoms with Crippen LogP contribution in [-0.4, -0.2) is 113 Å². The number of pyridine rings is 1. The SMILES string of the molecule is CCc1c(F)ccc2cc(OCOC)cc(-c3nc4c5c(nc(OC[C@@]67CCCN6C[C@@H](F)C7)nc5c3F)N3C[C@@H]5CC[C@H]([C@@H]3CO4)N5C(=O)OC(C)(C)C)c12. The number of halogens is 3. The van der Waals surface area contributed by atoms with Crippen molar-refractivity contribution in [1.82, 2.24) is 24.8 Å². The minimum absolute atomic E-state index is 0.0528. The van der Waals surface area contributed by atoms with Crippen LogP contribution in [0.5, 0.6) is 17.6 Å². The number of amides is 1. The third-order valence-corrected chi connectivity index (χ3v) is 12.1. The molecule has 2 aromatic carbocycles. The molecule has 56 heavy (non-hydrogen) atoms. The quantitative estimate of drug-likeness (QED) is 0.173. The Morgan fingerprint density at radius 1 is 1.05 bits per heavy atom. The summed E-state index contributed by atoms with van der Waals surface area (Å²) in [5, 5.41) is 1.39. The zero-order chi connectivity index (χ0) is 39.1. The Hall–Kier alpha value is -4.63. The third-order valence-electron chi connectivity index (χ3n) is 12.1. The number of anilines is 1. The molecular formula is C41H47F3N6O6. The number of alkyl halides is 1. The van der Waals surface area contributed by atoms with Gasteiger partial charge in [-0.05, 0) is 94.0 Å². The van der Waals surface area contributed by atoms with Crippen molar-refractivity contribution in [2.75, 3.05) is 51.7 Å². The van der Waals surface area contributed by atoms with Crippen LogP contribution in [0.25, 0.3) is 32.9 Å². The average molecular weight is 777 g/mol. The number of benzene rings is 2. The molecule has 15 heteroatoms. The van der Waals surface area contributed by atoms with Gasteiger partial charge in [-0.15, -0.1) is 0 Å². The molecule has 12 nitrogen and oxygen atoms in total. The van der Waals surface area contributed by atoms with E-state index in [2.05, 4.69) is 9.80 Å². The number of methoxy groups -OCH3 is 1. The van der Waals surface area contributed by atoms with Crippen LogP contribution in [0, 0.1) is 11.6 Å². The Balaban J connectivity index is 1.21. The highest BCUT2D eigenvalue weighted by Gasteiger charge is 2.52. The zero-order valence-corrected chi connectivity index (χ0v) is 32.4. The summed E-state index contributed by atoms with van der Waals surface area (Å²) in [4.78, 5) is 34.1. The first-order chi connectivity index (χ1) is 26.9. The van der Waals surface area contributed by atoms with Gasteiger partial charge in [-0.25, -0.2) is 22.9 Å². The predicted octanol–water partition coefficient (Wildman–Crippen LogP) is 6.97. The van der Waals surface area contributed by atoms with Crippen LogP contribution in [0.1, 0.15) is 65.4 Å². The van der Waals surface area contributed by atoms with E-state index in [-0.39, 0.29) is 72.7 Å². The van der Waals surface area contributed by atoms with Crippen molar-refractivity contribution in [3.05, 3.63) is 41.5 Å². The van der Waals surface area contributed by atoms with Gasteiger partial charge in [0.25, 0.3) is 0 Å². The van der Waals surface area contributed by atoms with Crippen LogP contribution < -0.4 is 19.1 Å². The van der Waals surface area contributed by atoms with Gasteiger partial charge in [0.05, 0.1) is 23.7 Å². The van der Waals surface area contributed by atoms with Crippen molar-refractivity contribution in [2.45, 2.75) is 102 Å². The lowest BCUT2D eigenvalue weighted by atomic mass is 9.94. The lowest BCUT2D eigenvalue weighted by Crippen LogP contribution is -2.63. The second-order valence-electron chi connectivity index (χ2n) is 16.7. The number of carbonyl (C=O) groups excluding carboxylic acids is 1. The van der Waals surface area contributed by atoms with Gasteiger partial charge in [0, 0.05) is 32.2 Å². The fraction of sp³-hybridized carbons (Fsp3) is 0.561. The van der Waals surface area contributed by atoms with E-state index in [1.807, 2.05) is 32.6 Å². The van der Waals surface area contributed by atoms with Crippen molar-refractivity contribution in [1.29, 1.82) is 0 Å². The molecule has 0 aliphatic carbocycles. The van der Waals surface area contributed by atoms with E-state index in [9.17, 15) is 9.18 Å². The van der Waals surface area contributed by atoms with E-state index in [1.54, 1.807) is 18.2 Å². The average Bonchev–Trinajstić information content (AvgIpc) is 3.76. The maximum Gasteiger partial charge on any atom is 0.410 e. The topological polar surface area (TPSA) is 112 Å². The lowest BCUT2D eigenvalue weighted by Gasteiger charge is -2.46. The third kappa shape index (κ3) is 6.12. The monoisotopic (exact) mass is 776 g/mol. The summed E-state index contributed by atoms with van der Waals surface area (Å²) in [5.74, 6) is -0.320. The summed E-state index contributed by atoms with van der Waals surface area (Å²) < 4.78 is 77.5. The minimum Gasteiger partial charge on any atom is -0.475 e. The molecule has 4 aromatic rings. The molecule has 5 aliphatic heterocycles. The normalized spacial score (nSPS) is 25.6. The van der Waals surface area contributed by atoms with Crippen LogP contribution >= 0.6 is 0 Å². The molecule has 0 radical (unpaired) electrons. The van der Waals surface area contributed by atoms with Crippen LogP contribution in [0.4, 0.5) is 23.8 Å². The van der Waals surface area contributed by atoms with Crippen molar-refractivity contribution in [2.24, 2.45) is 0 Å². The molecule has 0 N–H and O–H groups in total. The van der Waals surface area contributed by atoms with Gasteiger partial charge in [0.15, 0.2) is 12.6 Å². The molecule has 0 saturated carbocycles. The number of rotatable bonds is 8. The summed E-state index contributed by atoms with van der Waals surface area (Å²) in [6.45, 7) is 9.09. The number of ether oxygens (including phenoxy) is 5. The maximum absolute atomic E-state index is 17.6. The second kappa shape index (κ2) is 13.8. The first kappa shape index (κ1) is 37.0. The lowest BCUT2D eigenvalue weighted by molar-refractivity contribution is 0.00537. The van der Waals surface area contributed by atoms with Gasteiger partial charge in [-0.1, -0.05) is 13.0 Å². The molecule has 2 aromatic heterocycles. The Kier molecular flexibility index (Phi) is 9.10. The van der Waals surface area contributed by atoms with Crippen LogP contribution in [0.3, 0.4) is 0 Å². The first-order valence-electron chi connectivity index (χ1n) is 19.6. The number of carbonyl (C=O) groups is 1. The number of aryl methyl sites for hydroxylation is 1. The number of hydrogen-bond donors (Lipinski definition) is 0. The molecule has 4 fully saturated rings. The number of hydrogen-bond acceptors (Lipinski definition) is 11. The summed E-state index contributed by atoms with van der Waals surface area (Å²) >= 11 is 0. The van der Waals surface area contributed by atoms with Crippen LogP contribution in [-0.2, 0) is 15.9 Å². The molecule has 5 aliphatic rings. The van der Waals surface area contributed by atoms with E-state index in [0.29, 0.717) is 65.8 Å². The minimum atomic E-state index is -0.958. The molecule has 7 heterocycles. The Bertz CT molecular complexity index is 2220. The van der Waals surface area contributed by atoms with Gasteiger partial charge in [0.2, 0.25) is 5.88 Å². The molecule has 0 spiro atoms. The van der Waals surface area contributed by atoms with E-state index >= 15 is 8.78 Å². The largest absolute Gasteiger partial charge is 0.475 e. The Morgan fingerprint density at radius 2 is 1.89 bits per heavy atom. The first-order valence-corrected chi connectivity index (χ1v) is 19.6. The molecule has 1 amide bonds. The Morgan fingerprint density at radius 3 is 2.68 bits per heavy atom. The van der Waals surface area contributed by atoms with Gasteiger partial charge < -0.3 is 28.6 Å². The molecule has 9 rings (SSSR count). The second-order valence-corrected chi connectivity index (χ2v) is 16.7. The Labute approximate surface area is 323 Å². The summed E-state index contributed by atoms with van der Waals surface area (Å²) in [6, 6.07) is 5.50. The van der Waals surface area contributed by atoms with Crippen molar-refractivity contribution < 1.29 is 41.7 Å². The molecule has 4 saturated heterocycles. The summed E-state index contributed by atoms with van der Waals surface area (Å²) in [6.07, 6.45) is 2.50. The van der Waals surface area contributed by atoms with E-state index in [0.717, 1.165) is 25.8 Å². The van der Waals surface area contributed by atoms with Gasteiger partial charge in [0.1, 0.15) is 59.0 Å². The highest BCUT2D eigenvalue weighted by molar-refractivity contribution is 6.03. The molecule has 0 unspecified atom stereocenters. The molecule has 5 atom stereocenters. The van der Waals surface area contributed by atoms with Crippen molar-refractivity contribution in [3.63, 3.8) is 0 Å². The maximum atomic E-state index is 17.6. The van der Waals surface area contributed by atoms with Crippen molar-refractivity contribution >= 4 is 33.6 Å². The molecule has 298 valence electrons. The number of fused-ring (bicyclic) bond motifs is 7. The molecule has 2 bridgehead atoms. The summed E-state index contributed by atoms with van der Waals surface area (Å²) in [7, 11) is 1.50. The van der Waals surface area contributed by atoms with E-state index in [4.69, 9.17) is 38.6 Å². The van der Waals surface area contributed by atoms with Crippen LogP contribution in [0.15, 0.2) is 24.3 Å². The van der Waals surface area contributed by atoms with Crippen molar-refractivity contribution in [3.8, 4) is 28.9 Å². The predicted molar refractivity (Wildman–Crippen MR) is 202 cm³/mol. The van der Waals surface area contributed by atoms with E-state index < -0.39 is 28.9 Å². The molecular weight excluding hydrogens is 729 g/mol. The van der Waals surface area contributed by atoms with Gasteiger partial charge in [-0.3, -0.25) is 9.80 Å². The zero-order valence-electron chi connectivity index (χ0n) is 32.4. The fourth-order valence-corrected chi connectivity index (χ4v) is 9.78.